The fourth-order valence-corrected chi connectivity index (χ4v) is 3.52. The van der Waals surface area contributed by atoms with Gasteiger partial charge in [-0.1, -0.05) is 25.0 Å². The van der Waals surface area contributed by atoms with Crippen molar-refractivity contribution in [3.8, 4) is 11.5 Å². The molecular formula is C28H44N4O4+2. The second kappa shape index (κ2) is 12.7. The molecule has 0 spiro atoms. The van der Waals surface area contributed by atoms with E-state index in [4.69, 9.17) is 9.47 Å². The van der Waals surface area contributed by atoms with Crippen molar-refractivity contribution in [3.05, 3.63) is 48.5 Å². The summed E-state index contributed by atoms with van der Waals surface area (Å²) in [6.07, 6.45) is 2.95. The first kappa shape index (κ1) is 29.1. The summed E-state index contributed by atoms with van der Waals surface area (Å²) >= 11 is 0. The lowest BCUT2D eigenvalue weighted by molar-refractivity contribution is 0.159. The molecule has 198 valence electrons. The molecule has 2 amide bonds. The van der Waals surface area contributed by atoms with E-state index in [0.717, 1.165) is 37.1 Å². The molecule has 8 heteroatoms. The largest absolute Gasteiger partial charge is 0.414 e. The molecule has 2 aromatic carbocycles. The van der Waals surface area contributed by atoms with Crippen LogP contribution < -0.4 is 18.4 Å². The molecule has 0 saturated carbocycles. The van der Waals surface area contributed by atoms with Crippen LogP contribution in [0.3, 0.4) is 0 Å². The standard InChI is InChI=1S/C28H44N4O4/c1-29(27(33)35-25-17-13-15-23(21-25)31(3,4)5)19-11-9-10-12-20-30(2)28(34)36-26-18-14-16-24(22-26)32(6,7)8/h13-18,21-22H,9-12,19-20H2,1-8H3/q+2. The monoisotopic (exact) mass is 500 g/mol. The van der Waals surface area contributed by atoms with Gasteiger partial charge in [-0.3, -0.25) is 8.97 Å². The van der Waals surface area contributed by atoms with Crippen molar-refractivity contribution < 1.29 is 19.1 Å². The van der Waals surface area contributed by atoms with Crippen molar-refractivity contribution in [2.45, 2.75) is 25.7 Å². The fraction of sp³-hybridized carbons (Fsp3) is 0.500. The minimum absolute atomic E-state index is 0.356. The van der Waals surface area contributed by atoms with Crippen molar-refractivity contribution in [1.29, 1.82) is 0 Å². The first-order valence-electron chi connectivity index (χ1n) is 12.5. The molecule has 2 rings (SSSR count). The molecule has 0 fully saturated rings. The van der Waals surface area contributed by atoms with Gasteiger partial charge in [-0.2, -0.15) is 0 Å². The summed E-state index contributed by atoms with van der Waals surface area (Å²) in [4.78, 5) is 28.1. The molecule has 2 aromatic rings. The number of hydrogen-bond donors (Lipinski definition) is 0. The summed E-state index contributed by atoms with van der Waals surface area (Å²) in [5.74, 6) is 1.10. The van der Waals surface area contributed by atoms with E-state index in [9.17, 15) is 9.59 Å². The van der Waals surface area contributed by atoms with Crippen LogP contribution in [0.15, 0.2) is 48.5 Å². The Morgan fingerprint density at radius 1 is 0.639 bits per heavy atom. The zero-order valence-electron chi connectivity index (χ0n) is 23.3. The highest BCUT2D eigenvalue weighted by atomic mass is 16.6. The van der Waals surface area contributed by atoms with Crippen molar-refractivity contribution in [3.63, 3.8) is 0 Å². The van der Waals surface area contributed by atoms with E-state index < -0.39 is 0 Å². The maximum absolute atomic E-state index is 12.4. The summed E-state index contributed by atoms with van der Waals surface area (Å²) in [5, 5.41) is 0. The fourth-order valence-electron chi connectivity index (χ4n) is 3.52. The third kappa shape index (κ3) is 9.51. The highest BCUT2D eigenvalue weighted by Gasteiger charge is 2.17. The Labute approximate surface area is 216 Å². The van der Waals surface area contributed by atoms with Gasteiger partial charge >= 0.3 is 12.2 Å². The predicted molar refractivity (Wildman–Crippen MR) is 148 cm³/mol. The number of ether oxygens (including phenoxy) is 2. The Bertz CT molecular complexity index is 930. The SMILES string of the molecule is CN(CCCCCCN(C)C(=O)Oc1cccc([N+](C)(C)C)c1)C(=O)Oc1cccc([N+](C)(C)C)c1. The molecule has 0 N–H and O–H groups in total. The Balaban J connectivity index is 1.66. The maximum atomic E-state index is 12.4. The third-order valence-electron chi connectivity index (χ3n) is 5.96. The minimum Gasteiger partial charge on any atom is -0.410 e. The van der Waals surface area contributed by atoms with E-state index in [1.807, 2.05) is 36.4 Å². The Morgan fingerprint density at radius 3 is 1.33 bits per heavy atom. The number of benzene rings is 2. The van der Waals surface area contributed by atoms with Crippen molar-refractivity contribution in [2.24, 2.45) is 0 Å². The lowest BCUT2D eigenvalue weighted by Crippen LogP contribution is -2.35. The van der Waals surface area contributed by atoms with Crippen LogP contribution in [0.4, 0.5) is 21.0 Å². The number of amides is 2. The number of carbonyl (C=O) groups is 2. The summed E-state index contributed by atoms with van der Waals surface area (Å²) in [5.41, 5.74) is 2.13. The number of quaternary nitrogens is 2. The van der Waals surface area contributed by atoms with E-state index >= 15 is 0 Å². The zero-order valence-corrected chi connectivity index (χ0v) is 23.3. The lowest BCUT2D eigenvalue weighted by Gasteiger charge is -2.24. The van der Waals surface area contributed by atoms with Crippen molar-refractivity contribution in [2.75, 3.05) is 69.5 Å². The van der Waals surface area contributed by atoms with E-state index in [1.54, 1.807) is 36.0 Å². The van der Waals surface area contributed by atoms with Crippen LogP contribution in [0.1, 0.15) is 25.7 Å². The summed E-state index contributed by atoms with van der Waals surface area (Å²) in [7, 11) is 15.9. The highest BCUT2D eigenvalue weighted by molar-refractivity contribution is 5.71. The van der Waals surface area contributed by atoms with Crippen LogP contribution in [-0.2, 0) is 0 Å². The van der Waals surface area contributed by atoms with Crippen molar-refractivity contribution >= 4 is 23.6 Å². The maximum Gasteiger partial charge on any atom is 0.414 e. The Hall–Kier alpha value is -3.10. The summed E-state index contributed by atoms with van der Waals surface area (Å²) in [6.45, 7) is 1.24. The summed E-state index contributed by atoms with van der Waals surface area (Å²) < 4.78 is 12.4. The van der Waals surface area contributed by atoms with Crippen LogP contribution in [0.25, 0.3) is 0 Å². The van der Waals surface area contributed by atoms with E-state index in [0.29, 0.717) is 33.6 Å². The highest BCUT2D eigenvalue weighted by Crippen LogP contribution is 2.24. The molecule has 0 atom stereocenters. The smallest absolute Gasteiger partial charge is 0.410 e. The van der Waals surface area contributed by atoms with Gasteiger partial charge in [-0.15, -0.1) is 0 Å². The van der Waals surface area contributed by atoms with Crippen LogP contribution >= 0.6 is 0 Å². The number of rotatable bonds is 11. The molecule has 0 bridgehead atoms. The molecule has 0 unspecified atom stereocenters. The van der Waals surface area contributed by atoms with Crippen molar-refractivity contribution in [1.82, 2.24) is 18.8 Å². The Kier molecular flexibility index (Phi) is 10.3. The van der Waals surface area contributed by atoms with Gasteiger partial charge in [0, 0.05) is 39.3 Å². The zero-order chi connectivity index (χ0) is 26.9. The second-order valence-corrected chi connectivity index (χ2v) is 11.0. The minimum atomic E-state index is -0.356. The van der Waals surface area contributed by atoms with Gasteiger partial charge in [0.2, 0.25) is 0 Å². The summed E-state index contributed by atoms with van der Waals surface area (Å²) in [6, 6.07) is 15.2. The Morgan fingerprint density at radius 2 is 1.00 bits per heavy atom. The third-order valence-corrected chi connectivity index (χ3v) is 5.96. The van der Waals surface area contributed by atoms with E-state index in [2.05, 4.69) is 42.3 Å². The molecule has 0 aliphatic rings. The van der Waals surface area contributed by atoms with Crippen LogP contribution in [-0.4, -0.2) is 91.5 Å². The second-order valence-electron chi connectivity index (χ2n) is 11.0. The van der Waals surface area contributed by atoms with Gasteiger partial charge in [-0.05, 0) is 37.1 Å². The molecule has 8 nitrogen and oxygen atoms in total. The quantitative estimate of drug-likeness (QED) is 0.314. The van der Waals surface area contributed by atoms with Gasteiger partial charge in [0.05, 0.1) is 42.3 Å². The van der Waals surface area contributed by atoms with E-state index in [-0.39, 0.29) is 12.2 Å². The molecule has 0 aliphatic carbocycles. The molecular weight excluding hydrogens is 456 g/mol. The molecule has 36 heavy (non-hydrogen) atoms. The average molecular weight is 501 g/mol. The molecule has 0 heterocycles. The lowest BCUT2D eigenvalue weighted by atomic mass is 10.2. The first-order valence-corrected chi connectivity index (χ1v) is 12.5. The van der Waals surface area contributed by atoms with Gasteiger partial charge in [-0.25, -0.2) is 9.59 Å². The predicted octanol–water partition coefficient (Wildman–Crippen LogP) is 5.20. The topological polar surface area (TPSA) is 59.1 Å². The van der Waals surface area contributed by atoms with Gasteiger partial charge < -0.3 is 19.3 Å². The normalized spacial score (nSPS) is 11.7. The van der Waals surface area contributed by atoms with Crippen LogP contribution in [0.5, 0.6) is 11.5 Å². The van der Waals surface area contributed by atoms with Gasteiger partial charge in [0.25, 0.3) is 0 Å². The van der Waals surface area contributed by atoms with Gasteiger partial charge in [0.1, 0.15) is 22.9 Å². The number of carbonyl (C=O) groups excluding carboxylic acids is 2. The first-order chi connectivity index (χ1) is 16.8. The molecule has 0 saturated heterocycles. The van der Waals surface area contributed by atoms with Gasteiger partial charge in [0.15, 0.2) is 0 Å². The van der Waals surface area contributed by atoms with Crippen LogP contribution in [0, 0.1) is 0 Å². The number of hydrogen-bond acceptors (Lipinski definition) is 4. The van der Waals surface area contributed by atoms with E-state index in [1.165, 1.54) is 0 Å². The molecule has 0 aromatic heterocycles. The molecule has 0 aliphatic heterocycles. The molecule has 0 radical (unpaired) electrons. The average Bonchev–Trinajstić information content (AvgIpc) is 2.80. The number of unbranched alkanes of at least 4 members (excludes halogenated alkanes) is 3. The number of nitrogens with zero attached hydrogens (tertiary/aromatic N) is 4. The van der Waals surface area contributed by atoms with Crippen LogP contribution in [0.2, 0.25) is 0 Å².